The van der Waals surface area contributed by atoms with E-state index in [9.17, 15) is 14.0 Å². The van der Waals surface area contributed by atoms with E-state index in [4.69, 9.17) is 5.11 Å². The van der Waals surface area contributed by atoms with Gasteiger partial charge in [-0.25, -0.2) is 14.0 Å². The second-order valence-electron chi connectivity index (χ2n) is 5.32. The van der Waals surface area contributed by atoms with Gasteiger partial charge in [-0.1, -0.05) is 19.1 Å². The number of hydrogen-bond donors (Lipinski definition) is 3. The van der Waals surface area contributed by atoms with Gasteiger partial charge in [0.25, 0.3) is 0 Å². The van der Waals surface area contributed by atoms with Crippen LogP contribution in [0.3, 0.4) is 0 Å². The Labute approximate surface area is 123 Å². The fourth-order valence-corrected chi connectivity index (χ4v) is 1.83. The van der Waals surface area contributed by atoms with E-state index >= 15 is 0 Å². The van der Waals surface area contributed by atoms with Crippen molar-refractivity contribution in [1.82, 2.24) is 10.6 Å². The van der Waals surface area contributed by atoms with E-state index < -0.39 is 17.5 Å². The van der Waals surface area contributed by atoms with Crippen LogP contribution in [0.25, 0.3) is 0 Å². The predicted molar refractivity (Wildman–Crippen MR) is 77.6 cm³/mol. The quantitative estimate of drug-likeness (QED) is 0.753. The van der Waals surface area contributed by atoms with Crippen molar-refractivity contribution in [3.63, 3.8) is 0 Å². The van der Waals surface area contributed by atoms with Gasteiger partial charge in [-0.3, -0.25) is 0 Å². The summed E-state index contributed by atoms with van der Waals surface area (Å²) < 4.78 is 12.8. The summed E-state index contributed by atoms with van der Waals surface area (Å²) >= 11 is 0. The lowest BCUT2D eigenvalue weighted by atomic mass is 10.00. The summed E-state index contributed by atoms with van der Waals surface area (Å²) in [4.78, 5) is 22.9. The zero-order valence-corrected chi connectivity index (χ0v) is 12.4. The summed E-state index contributed by atoms with van der Waals surface area (Å²) in [7, 11) is 0. The molecule has 0 saturated heterocycles. The summed E-state index contributed by atoms with van der Waals surface area (Å²) in [5.41, 5.74) is -0.402. The van der Waals surface area contributed by atoms with Crippen LogP contribution in [-0.4, -0.2) is 28.7 Å². The van der Waals surface area contributed by atoms with Gasteiger partial charge in [-0.05, 0) is 44.4 Å². The number of carbonyl (C=O) groups excluding carboxylic acids is 1. The van der Waals surface area contributed by atoms with Crippen molar-refractivity contribution in [3.8, 4) is 0 Å². The first-order chi connectivity index (χ1) is 9.76. The van der Waals surface area contributed by atoms with Gasteiger partial charge < -0.3 is 15.7 Å². The Kier molecular flexibility index (Phi) is 5.69. The number of carboxylic acid groups (broad SMARTS) is 1. The number of urea groups is 1. The topological polar surface area (TPSA) is 78.4 Å². The van der Waals surface area contributed by atoms with E-state index in [1.165, 1.54) is 19.1 Å². The highest BCUT2D eigenvalue weighted by Crippen LogP contribution is 2.09. The van der Waals surface area contributed by atoms with Gasteiger partial charge in [0.1, 0.15) is 11.4 Å². The van der Waals surface area contributed by atoms with Crippen LogP contribution < -0.4 is 10.6 Å². The largest absolute Gasteiger partial charge is 0.480 e. The van der Waals surface area contributed by atoms with Gasteiger partial charge in [0.2, 0.25) is 0 Å². The van der Waals surface area contributed by atoms with Crippen LogP contribution in [0, 0.1) is 5.82 Å². The number of hydrogen-bond acceptors (Lipinski definition) is 2. The minimum Gasteiger partial charge on any atom is -0.480 e. The maximum atomic E-state index is 12.8. The summed E-state index contributed by atoms with van der Waals surface area (Å²) in [6.07, 6.45) is 0.811. The fraction of sp³-hybridized carbons (Fsp3) is 0.467. The Morgan fingerprint density at radius 1 is 1.33 bits per heavy atom. The molecule has 0 saturated carbocycles. The monoisotopic (exact) mass is 296 g/mol. The molecule has 1 aromatic rings. The standard InChI is InChI=1S/C15H21FN2O3/c1-4-15(3,13(19)20)18-14(21)17-10(2)9-11-5-7-12(16)8-6-11/h5-8,10H,4,9H2,1-3H3,(H,19,20)(H2,17,18,21). The van der Waals surface area contributed by atoms with Crippen molar-refractivity contribution in [2.24, 2.45) is 0 Å². The van der Waals surface area contributed by atoms with Crippen LogP contribution in [0.1, 0.15) is 32.8 Å². The smallest absolute Gasteiger partial charge is 0.329 e. The fourth-order valence-electron chi connectivity index (χ4n) is 1.83. The van der Waals surface area contributed by atoms with Crippen LogP contribution in [0.5, 0.6) is 0 Å². The first kappa shape index (κ1) is 16.9. The second kappa shape index (κ2) is 7.06. The van der Waals surface area contributed by atoms with E-state index in [0.717, 1.165) is 5.56 Å². The average Bonchev–Trinajstić information content (AvgIpc) is 2.40. The first-order valence-corrected chi connectivity index (χ1v) is 6.83. The number of benzene rings is 1. The molecule has 3 N–H and O–H groups in total. The van der Waals surface area contributed by atoms with Gasteiger partial charge in [0.15, 0.2) is 0 Å². The van der Waals surface area contributed by atoms with E-state index in [0.29, 0.717) is 6.42 Å². The Bertz CT molecular complexity index is 504. The molecule has 2 atom stereocenters. The minimum absolute atomic E-state index is 0.203. The molecule has 0 aliphatic carbocycles. The summed E-state index contributed by atoms with van der Waals surface area (Å²) in [6, 6.07) is 5.29. The molecule has 2 amide bonds. The first-order valence-electron chi connectivity index (χ1n) is 6.83. The predicted octanol–water partition coefficient (Wildman–Crippen LogP) is 2.31. The molecule has 0 bridgehead atoms. The molecule has 0 aromatic heterocycles. The summed E-state index contributed by atoms with van der Waals surface area (Å²) in [5.74, 6) is -1.39. The van der Waals surface area contributed by atoms with E-state index in [1.54, 1.807) is 26.0 Å². The van der Waals surface area contributed by atoms with Gasteiger partial charge in [-0.15, -0.1) is 0 Å². The van der Waals surface area contributed by atoms with Crippen LogP contribution in [-0.2, 0) is 11.2 Å². The molecule has 116 valence electrons. The van der Waals surface area contributed by atoms with Crippen molar-refractivity contribution in [3.05, 3.63) is 35.6 Å². The molecule has 5 nitrogen and oxygen atoms in total. The Morgan fingerprint density at radius 3 is 2.38 bits per heavy atom. The maximum absolute atomic E-state index is 12.8. The normalized spacial score (nSPS) is 14.9. The van der Waals surface area contributed by atoms with Gasteiger partial charge >= 0.3 is 12.0 Å². The van der Waals surface area contributed by atoms with Gasteiger partial charge in [0.05, 0.1) is 0 Å². The minimum atomic E-state index is -1.29. The Balaban J connectivity index is 2.54. The Morgan fingerprint density at radius 2 is 1.90 bits per heavy atom. The van der Waals surface area contributed by atoms with Crippen molar-refractivity contribution in [2.45, 2.75) is 45.2 Å². The number of amides is 2. The molecular weight excluding hydrogens is 275 g/mol. The lowest BCUT2D eigenvalue weighted by Gasteiger charge is -2.26. The van der Waals surface area contributed by atoms with Crippen LogP contribution in [0.15, 0.2) is 24.3 Å². The average molecular weight is 296 g/mol. The third-order valence-corrected chi connectivity index (χ3v) is 3.40. The van der Waals surface area contributed by atoms with Gasteiger partial charge in [-0.2, -0.15) is 0 Å². The summed E-state index contributed by atoms with van der Waals surface area (Å²) in [6.45, 7) is 4.95. The highest BCUT2D eigenvalue weighted by molar-refractivity contribution is 5.85. The van der Waals surface area contributed by atoms with Crippen LogP contribution in [0.4, 0.5) is 9.18 Å². The number of nitrogens with one attached hydrogen (secondary N) is 2. The molecule has 0 heterocycles. The maximum Gasteiger partial charge on any atom is 0.329 e. The lowest BCUT2D eigenvalue weighted by Crippen LogP contribution is -2.56. The van der Waals surface area contributed by atoms with Crippen molar-refractivity contribution >= 4 is 12.0 Å². The molecule has 0 fully saturated rings. The van der Waals surface area contributed by atoms with Crippen LogP contribution >= 0.6 is 0 Å². The molecule has 1 rings (SSSR count). The summed E-state index contributed by atoms with van der Waals surface area (Å²) in [5, 5.41) is 14.2. The van der Waals surface area contributed by atoms with E-state index in [1.807, 2.05) is 0 Å². The number of rotatable bonds is 6. The lowest BCUT2D eigenvalue weighted by molar-refractivity contribution is -0.143. The zero-order chi connectivity index (χ0) is 16.0. The molecule has 0 spiro atoms. The molecule has 21 heavy (non-hydrogen) atoms. The van der Waals surface area contributed by atoms with E-state index in [-0.39, 0.29) is 18.3 Å². The molecule has 0 aliphatic rings. The third kappa shape index (κ3) is 5.06. The Hall–Kier alpha value is -2.11. The highest BCUT2D eigenvalue weighted by Gasteiger charge is 2.32. The molecule has 0 radical (unpaired) electrons. The van der Waals surface area contributed by atoms with Gasteiger partial charge in [0, 0.05) is 6.04 Å². The number of carboxylic acids is 1. The molecule has 1 aromatic carbocycles. The molecule has 2 unspecified atom stereocenters. The number of aliphatic carboxylic acids is 1. The molecular formula is C15H21FN2O3. The zero-order valence-electron chi connectivity index (χ0n) is 12.4. The van der Waals surface area contributed by atoms with Crippen molar-refractivity contribution in [2.75, 3.05) is 0 Å². The number of carbonyl (C=O) groups is 2. The highest BCUT2D eigenvalue weighted by atomic mass is 19.1. The third-order valence-electron chi connectivity index (χ3n) is 3.40. The van der Waals surface area contributed by atoms with Crippen molar-refractivity contribution < 1.29 is 19.1 Å². The van der Waals surface area contributed by atoms with E-state index in [2.05, 4.69) is 10.6 Å². The second-order valence-corrected chi connectivity index (χ2v) is 5.32. The molecule has 0 aliphatic heterocycles. The van der Waals surface area contributed by atoms with Crippen LogP contribution in [0.2, 0.25) is 0 Å². The number of halogens is 1. The SMILES string of the molecule is CCC(C)(NC(=O)NC(C)Cc1ccc(F)cc1)C(=O)O. The van der Waals surface area contributed by atoms with Crippen molar-refractivity contribution in [1.29, 1.82) is 0 Å². The molecule has 6 heteroatoms.